The highest BCUT2D eigenvalue weighted by Crippen LogP contribution is 2.33. The van der Waals surface area contributed by atoms with Crippen molar-refractivity contribution in [3.8, 4) is 11.5 Å². The summed E-state index contributed by atoms with van der Waals surface area (Å²) in [6, 6.07) is 12.8. The Labute approximate surface area is 169 Å². The largest absolute Gasteiger partial charge is 0.504 e. The van der Waals surface area contributed by atoms with Gasteiger partial charge in [-0.2, -0.15) is 0 Å². The fourth-order valence-corrected chi connectivity index (χ4v) is 2.81. The van der Waals surface area contributed by atoms with Gasteiger partial charge in [0.05, 0.1) is 7.11 Å². The molecule has 0 radical (unpaired) electrons. The van der Waals surface area contributed by atoms with Crippen LogP contribution in [0.2, 0.25) is 0 Å². The molecule has 0 spiro atoms. The first kappa shape index (κ1) is 22.2. The van der Waals surface area contributed by atoms with Gasteiger partial charge in [-0.15, -0.1) is 0 Å². The predicted octanol–water partition coefficient (Wildman–Crippen LogP) is 2.80. The number of hydrogen-bond acceptors (Lipinski definition) is 7. The van der Waals surface area contributed by atoms with Crippen LogP contribution in [0.3, 0.4) is 0 Å². The molecule has 0 unspecified atom stereocenters. The number of amides is 2. The van der Waals surface area contributed by atoms with Gasteiger partial charge < -0.3 is 24.4 Å². The first-order chi connectivity index (χ1) is 14.0. The van der Waals surface area contributed by atoms with E-state index in [2.05, 4.69) is 5.32 Å². The quantitative estimate of drug-likeness (QED) is 0.590. The zero-order chi connectivity index (χ0) is 21.2. The summed E-state index contributed by atoms with van der Waals surface area (Å²) in [5, 5.41) is 21.6. The number of benzene rings is 2. The molecule has 0 saturated carbocycles. The lowest BCUT2D eigenvalue weighted by Gasteiger charge is -2.27. The Hall–Kier alpha value is -3.10. The molecule has 8 nitrogen and oxygen atoms in total. The number of carbonyl (C=O) groups is 2. The van der Waals surface area contributed by atoms with Crippen molar-refractivity contribution in [2.75, 3.05) is 20.3 Å². The topological polar surface area (TPSA) is 114 Å². The maximum absolute atomic E-state index is 12.4. The summed E-state index contributed by atoms with van der Waals surface area (Å²) in [6.45, 7) is 1.89. The van der Waals surface area contributed by atoms with E-state index in [-0.39, 0.29) is 24.5 Å². The Balaban J connectivity index is 2.23. The lowest BCUT2D eigenvalue weighted by Crippen LogP contribution is -2.35. The van der Waals surface area contributed by atoms with E-state index in [4.69, 9.17) is 14.2 Å². The van der Waals surface area contributed by atoms with Gasteiger partial charge in [0, 0.05) is 25.2 Å². The molecule has 2 aromatic carbocycles. The number of rotatable bonds is 9. The molecule has 29 heavy (non-hydrogen) atoms. The lowest BCUT2D eigenvalue weighted by atomic mass is 10.0. The average molecular weight is 403 g/mol. The summed E-state index contributed by atoms with van der Waals surface area (Å²) < 4.78 is 16.1. The molecule has 2 atom stereocenters. The maximum Gasteiger partial charge on any atom is 0.414 e. The summed E-state index contributed by atoms with van der Waals surface area (Å²) in [4.78, 5) is 24.6. The molecule has 0 fully saturated rings. The normalized spacial score (nSPS) is 12.7. The van der Waals surface area contributed by atoms with Crippen molar-refractivity contribution in [3.63, 3.8) is 0 Å². The fraction of sp³-hybridized carbons (Fsp3) is 0.333. The van der Waals surface area contributed by atoms with Crippen molar-refractivity contribution in [2.24, 2.45) is 0 Å². The zero-order valence-electron chi connectivity index (χ0n) is 16.3. The highest BCUT2D eigenvalue weighted by Gasteiger charge is 2.29. The number of imide groups is 1. The van der Waals surface area contributed by atoms with E-state index in [0.717, 1.165) is 0 Å². The van der Waals surface area contributed by atoms with Crippen LogP contribution in [0.4, 0.5) is 4.79 Å². The van der Waals surface area contributed by atoms with Crippen molar-refractivity contribution in [3.05, 3.63) is 59.7 Å². The highest BCUT2D eigenvalue weighted by molar-refractivity contribution is 6.02. The van der Waals surface area contributed by atoms with E-state index in [0.29, 0.717) is 17.7 Å². The van der Waals surface area contributed by atoms with Gasteiger partial charge in [0.25, 0.3) is 5.91 Å². The number of aromatic hydroxyl groups is 1. The SMILES string of the molecule is CCO[C@@H](CCO)[C@@H](OC(=O)NC(=O)c1ccccc1)c1ccc(OC)c(O)c1. The van der Waals surface area contributed by atoms with Crippen LogP contribution in [-0.4, -0.2) is 48.6 Å². The number of phenolic OH excluding ortho intramolecular Hbond substituents is 1. The average Bonchev–Trinajstić information content (AvgIpc) is 2.72. The monoisotopic (exact) mass is 403 g/mol. The Morgan fingerprint density at radius 2 is 1.86 bits per heavy atom. The first-order valence-electron chi connectivity index (χ1n) is 9.16. The Bertz CT molecular complexity index is 804. The van der Waals surface area contributed by atoms with Crippen LogP contribution in [0.15, 0.2) is 48.5 Å². The van der Waals surface area contributed by atoms with Gasteiger partial charge in [0.2, 0.25) is 0 Å². The summed E-state index contributed by atoms with van der Waals surface area (Å²) in [5.74, 6) is -0.494. The van der Waals surface area contributed by atoms with E-state index in [9.17, 15) is 19.8 Å². The second-order valence-electron chi connectivity index (χ2n) is 6.08. The minimum Gasteiger partial charge on any atom is -0.504 e. The van der Waals surface area contributed by atoms with E-state index in [1.165, 1.54) is 19.2 Å². The second kappa shape index (κ2) is 11.0. The molecule has 2 aromatic rings. The van der Waals surface area contributed by atoms with E-state index >= 15 is 0 Å². The highest BCUT2D eigenvalue weighted by atomic mass is 16.6. The van der Waals surface area contributed by atoms with E-state index in [1.807, 2.05) is 0 Å². The predicted molar refractivity (Wildman–Crippen MR) is 105 cm³/mol. The van der Waals surface area contributed by atoms with E-state index in [1.54, 1.807) is 43.3 Å². The molecule has 0 bridgehead atoms. The maximum atomic E-state index is 12.4. The molecule has 2 rings (SSSR count). The van der Waals surface area contributed by atoms with Crippen LogP contribution >= 0.6 is 0 Å². The molecule has 0 aliphatic carbocycles. The molecule has 3 N–H and O–H groups in total. The van der Waals surface area contributed by atoms with Gasteiger partial charge in [-0.05, 0) is 36.8 Å². The molecule has 0 heterocycles. The minimum atomic E-state index is -0.971. The van der Waals surface area contributed by atoms with Crippen molar-refractivity contribution in [2.45, 2.75) is 25.6 Å². The third-order valence-electron chi connectivity index (χ3n) is 4.15. The summed E-state index contributed by atoms with van der Waals surface area (Å²) in [6.07, 6.45) is -2.44. The molecular weight excluding hydrogens is 378 g/mol. The molecule has 0 aromatic heterocycles. The number of methoxy groups -OCH3 is 1. The second-order valence-corrected chi connectivity index (χ2v) is 6.08. The van der Waals surface area contributed by atoms with Gasteiger partial charge in [-0.3, -0.25) is 10.1 Å². The Kier molecular flexibility index (Phi) is 8.45. The third-order valence-corrected chi connectivity index (χ3v) is 4.15. The summed E-state index contributed by atoms with van der Waals surface area (Å²) in [5.41, 5.74) is 0.734. The zero-order valence-corrected chi connectivity index (χ0v) is 16.3. The van der Waals surface area contributed by atoms with Crippen molar-refractivity contribution >= 4 is 12.0 Å². The molecule has 0 aliphatic heterocycles. The number of phenols is 1. The standard InChI is InChI=1S/C21H25NO7/c1-3-28-18(11-12-23)19(15-9-10-17(27-2)16(24)13-15)29-21(26)22-20(25)14-7-5-4-6-8-14/h4-10,13,18-19,23-24H,3,11-12H2,1-2H3,(H,22,25,26)/t18-,19-/m0/s1. The number of alkyl carbamates (subject to hydrolysis) is 1. The van der Waals surface area contributed by atoms with Gasteiger partial charge in [0.15, 0.2) is 17.6 Å². The molecule has 2 amide bonds. The van der Waals surface area contributed by atoms with E-state index < -0.39 is 24.2 Å². The fourth-order valence-electron chi connectivity index (χ4n) is 2.81. The smallest absolute Gasteiger partial charge is 0.414 e. The molecule has 156 valence electrons. The lowest BCUT2D eigenvalue weighted by molar-refractivity contribution is -0.0510. The number of aliphatic hydroxyl groups excluding tert-OH is 1. The van der Waals surface area contributed by atoms with Gasteiger partial charge in [0.1, 0.15) is 6.10 Å². The van der Waals surface area contributed by atoms with Gasteiger partial charge in [-0.1, -0.05) is 24.3 Å². The van der Waals surface area contributed by atoms with Crippen molar-refractivity contribution in [1.82, 2.24) is 5.32 Å². The molecular formula is C21H25NO7. The van der Waals surface area contributed by atoms with Crippen LogP contribution in [-0.2, 0) is 9.47 Å². The van der Waals surface area contributed by atoms with Crippen LogP contribution in [0, 0.1) is 0 Å². The van der Waals surface area contributed by atoms with Crippen LogP contribution in [0.25, 0.3) is 0 Å². The van der Waals surface area contributed by atoms with Crippen LogP contribution in [0.1, 0.15) is 35.4 Å². The first-order valence-corrected chi connectivity index (χ1v) is 9.16. The van der Waals surface area contributed by atoms with Crippen LogP contribution in [0.5, 0.6) is 11.5 Å². The summed E-state index contributed by atoms with van der Waals surface area (Å²) >= 11 is 0. The van der Waals surface area contributed by atoms with Gasteiger partial charge in [-0.25, -0.2) is 4.79 Å². The Morgan fingerprint density at radius 3 is 2.45 bits per heavy atom. The minimum absolute atomic E-state index is 0.140. The number of ether oxygens (including phenoxy) is 3. The van der Waals surface area contributed by atoms with Crippen LogP contribution < -0.4 is 10.1 Å². The Morgan fingerprint density at radius 1 is 1.14 bits per heavy atom. The number of carbonyl (C=O) groups excluding carboxylic acids is 2. The summed E-state index contributed by atoms with van der Waals surface area (Å²) in [7, 11) is 1.42. The van der Waals surface area contributed by atoms with Gasteiger partial charge >= 0.3 is 6.09 Å². The number of nitrogens with one attached hydrogen (secondary N) is 1. The molecule has 0 aliphatic rings. The molecule has 0 saturated heterocycles. The third kappa shape index (κ3) is 6.20. The number of aliphatic hydroxyl groups is 1. The van der Waals surface area contributed by atoms with Crippen molar-refractivity contribution in [1.29, 1.82) is 0 Å². The van der Waals surface area contributed by atoms with Crippen molar-refractivity contribution < 1.29 is 34.0 Å². The molecule has 8 heteroatoms. The number of hydrogen-bond donors (Lipinski definition) is 3.